The van der Waals surface area contributed by atoms with Gasteiger partial charge in [-0.25, -0.2) is 0 Å². The summed E-state index contributed by atoms with van der Waals surface area (Å²) in [6, 6.07) is 0.475. The van der Waals surface area contributed by atoms with Crippen molar-refractivity contribution in [3.05, 3.63) is 21.7 Å². The molecule has 4 heterocycles. The van der Waals surface area contributed by atoms with Gasteiger partial charge in [0.05, 0.1) is 0 Å². The average molecular weight is 350 g/mol. The summed E-state index contributed by atoms with van der Waals surface area (Å²) in [6.07, 6.45) is 2.78. The van der Waals surface area contributed by atoms with Crippen molar-refractivity contribution < 1.29 is 4.92 Å². The number of fused-ring (bicyclic) bond motifs is 1. The minimum Gasteiger partial charge on any atom is -0.358 e. The second kappa shape index (κ2) is 6.30. The predicted octanol–water partition coefficient (Wildman–Crippen LogP) is 1.52. The highest BCUT2D eigenvalue weighted by Gasteiger charge is 2.35. The van der Waals surface area contributed by atoms with E-state index < -0.39 is 0 Å². The van der Waals surface area contributed by atoms with Gasteiger partial charge in [-0.1, -0.05) is 18.3 Å². The van der Waals surface area contributed by atoms with Crippen molar-refractivity contribution in [2.45, 2.75) is 19.4 Å². The van der Waals surface area contributed by atoms with Crippen molar-refractivity contribution in [1.82, 2.24) is 19.2 Å². The van der Waals surface area contributed by atoms with E-state index in [1.807, 2.05) is 5.38 Å². The predicted molar refractivity (Wildman–Crippen MR) is 94.0 cm³/mol. The Morgan fingerprint density at radius 3 is 2.83 bits per heavy atom. The maximum Gasteiger partial charge on any atom is 0.373 e. The average Bonchev–Trinajstić information content (AvgIpc) is 3.29. The molecule has 0 N–H and O–H groups in total. The molecule has 0 saturated carbocycles. The molecule has 2 saturated heterocycles. The van der Waals surface area contributed by atoms with Crippen LogP contribution in [0.1, 0.15) is 13.3 Å². The number of nitrogens with zero attached hydrogens (tertiary/aromatic N) is 6. The Hall–Kier alpha value is -1.71. The summed E-state index contributed by atoms with van der Waals surface area (Å²) >= 11 is 1.43. The van der Waals surface area contributed by atoms with E-state index in [1.165, 1.54) is 11.3 Å². The van der Waals surface area contributed by atoms with E-state index in [9.17, 15) is 10.1 Å². The lowest BCUT2D eigenvalue weighted by Crippen LogP contribution is -2.50. The van der Waals surface area contributed by atoms with Crippen LogP contribution in [0, 0.1) is 10.1 Å². The molecule has 1 unspecified atom stereocenters. The van der Waals surface area contributed by atoms with E-state index in [1.54, 1.807) is 10.6 Å². The van der Waals surface area contributed by atoms with Gasteiger partial charge < -0.3 is 19.9 Å². The van der Waals surface area contributed by atoms with Crippen LogP contribution >= 0.6 is 11.3 Å². The van der Waals surface area contributed by atoms with Gasteiger partial charge in [0.25, 0.3) is 4.96 Å². The maximum absolute atomic E-state index is 11.5. The molecule has 2 aliphatic heterocycles. The third-order valence-corrected chi connectivity index (χ3v) is 5.98. The molecule has 2 fully saturated rings. The van der Waals surface area contributed by atoms with Crippen molar-refractivity contribution in [2.24, 2.45) is 0 Å². The number of thiazole rings is 1. The molecule has 0 radical (unpaired) electrons. The first-order valence-electron chi connectivity index (χ1n) is 8.48. The number of piperazine rings is 1. The van der Waals surface area contributed by atoms with Gasteiger partial charge in [-0.05, 0) is 17.9 Å². The minimum atomic E-state index is -0.310. The third-order valence-electron chi connectivity index (χ3n) is 5.23. The number of aromatic nitrogens is 2. The fourth-order valence-corrected chi connectivity index (χ4v) is 4.53. The fraction of sp³-hybridized carbons (Fsp3) is 0.667. The third kappa shape index (κ3) is 2.66. The van der Waals surface area contributed by atoms with Crippen molar-refractivity contribution >= 4 is 27.9 Å². The molecule has 0 amide bonds. The Labute approximate surface area is 144 Å². The highest BCUT2D eigenvalue weighted by atomic mass is 32.1. The van der Waals surface area contributed by atoms with E-state index in [0.717, 1.165) is 52.2 Å². The zero-order valence-corrected chi connectivity index (χ0v) is 14.6. The number of hydrogen-bond donors (Lipinski definition) is 0. The van der Waals surface area contributed by atoms with Gasteiger partial charge in [-0.3, -0.25) is 4.90 Å². The summed E-state index contributed by atoms with van der Waals surface area (Å²) in [5.41, 5.74) is 0. The van der Waals surface area contributed by atoms with Gasteiger partial charge in [0.2, 0.25) is 5.82 Å². The van der Waals surface area contributed by atoms with Gasteiger partial charge in [0.15, 0.2) is 0 Å². The summed E-state index contributed by atoms with van der Waals surface area (Å²) in [4.78, 5) is 23.5. The second-order valence-electron chi connectivity index (χ2n) is 6.43. The van der Waals surface area contributed by atoms with Crippen LogP contribution in [0.5, 0.6) is 0 Å². The minimum absolute atomic E-state index is 0.0997. The van der Waals surface area contributed by atoms with Gasteiger partial charge >= 0.3 is 5.82 Å². The maximum atomic E-state index is 11.5. The first-order valence-corrected chi connectivity index (χ1v) is 9.36. The standard InChI is InChI=1S/C15H22N6O2S/c1-2-17-5-7-18(8-6-17)12-3-4-19(11-12)13-14(21(22)23)20-9-10-24-15(20)16-13/h9-10,12H,2-8,11H2,1H3. The quantitative estimate of drug-likeness (QED) is 0.615. The molecule has 0 bridgehead atoms. The SMILES string of the molecule is CCN1CCN(C2CCN(c3nc4sccn4c3[N+](=O)[O-])C2)CC1. The molecule has 0 aromatic carbocycles. The summed E-state index contributed by atoms with van der Waals surface area (Å²) < 4.78 is 1.59. The Balaban J connectivity index is 1.50. The Kier molecular flexibility index (Phi) is 4.15. The second-order valence-corrected chi connectivity index (χ2v) is 7.30. The lowest BCUT2D eigenvalue weighted by atomic mass is 10.2. The molecule has 2 aromatic heterocycles. The summed E-state index contributed by atoms with van der Waals surface area (Å²) in [5.74, 6) is 0.629. The van der Waals surface area contributed by atoms with Crippen molar-refractivity contribution in [2.75, 3.05) is 50.7 Å². The van der Waals surface area contributed by atoms with E-state index in [-0.39, 0.29) is 10.7 Å². The van der Waals surface area contributed by atoms with Crippen LogP contribution in [0.15, 0.2) is 11.6 Å². The molecule has 24 heavy (non-hydrogen) atoms. The van der Waals surface area contributed by atoms with Gasteiger partial charge in [-0.2, -0.15) is 9.38 Å². The lowest BCUT2D eigenvalue weighted by Gasteiger charge is -2.37. The Morgan fingerprint density at radius 1 is 1.33 bits per heavy atom. The zero-order valence-electron chi connectivity index (χ0n) is 13.8. The van der Waals surface area contributed by atoms with Crippen molar-refractivity contribution in [3.8, 4) is 0 Å². The fourth-order valence-electron chi connectivity index (χ4n) is 3.82. The molecule has 8 nitrogen and oxygen atoms in total. The Bertz CT molecular complexity index is 735. The van der Waals surface area contributed by atoms with Crippen LogP contribution in [0.2, 0.25) is 0 Å². The van der Waals surface area contributed by atoms with Crippen molar-refractivity contribution in [1.29, 1.82) is 0 Å². The highest BCUT2D eigenvalue weighted by molar-refractivity contribution is 7.15. The van der Waals surface area contributed by atoms with E-state index in [0.29, 0.717) is 16.8 Å². The largest absolute Gasteiger partial charge is 0.373 e. The van der Waals surface area contributed by atoms with Crippen LogP contribution in [0.3, 0.4) is 0 Å². The zero-order chi connectivity index (χ0) is 16.7. The first kappa shape index (κ1) is 15.8. The van der Waals surface area contributed by atoms with Crippen LogP contribution < -0.4 is 4.90 Å². The van der Waals surface area contributed by atoms with Gasteiger partial charge in [0, 0.05) is 50.7 Å². The van der Waals surface area contributed by atoms with Crippen LogP contribution in [-0.2, 0) is 0 Å². The topological polar surface area (TPSA) is 70.2 Å². The molecular weight excluding hydrogens is 328 g/mol. The van der Waals surface area contributed by atoms with E-state index >= 15 is 0 Å². The monoisotopic (exact) mass is 350 g/mol. The number of likely N-dealkylation sites (N-methyl/N-ethyl adjacent to an activating group) is 1. The summed E-state index contributed by atoms with van der Waals surface area (Å²) in [7, 11) is 0. The molecule has 9 heteroatoms. The number of hydrogen-bond acceptors (Lipinski definition) is 7. The highest BCUT2D eigenvalue weighted by Crippen LogP contribution is 2.33. The van der Waals surface area contributed by atoms with Crippen LogP contribution in [0.4, 0.5) is 11.6 Å². The lowest BCUT2D eigenvalue weighted by molar-refractivity contribution is -0.389. The molecule has 0 aliphatic carbocycles. The smallest absolute Gasteiger partial charge is 0.358 e. The number of nitro groups is 1. The first-order chi connectivity index (χ1) is 11.7. The Morgan fingerprint density at radius 2 is 2.12 bits per heavy atom. The number of imidazole rings is 1. The number of anilines is 1. The van der Waals surface area contributed by atoms with E-state index in [2.05, 4.69) is 26.6 Å². The van der Waals surface area contributed by atoms with Crippen molar-refractivity contribution in [3.63, 3.8) is 0 Å². The molecule has 1 atom stereocenters. The van der Waals surface area contributed by atoms with Crippen LogP contribution in [0.25, 0.3) is 4.96 Å². The summed E-state index contributed by atoms with van der Waals surface area (Å²) in [6.45, 7) is 9.40. The number of rotatable bonds is 4. The van der Waals surface area contributed by atoms with Gasteiger partial charge in [-0.15, -0.1) is 0 Å². The van der Waals surface area contributed by atoms with Gasteiger partial charge in [0.1, 0.15) is 6.20 Å². The normalized spacial score (nSPS) is 23.4. The molecule has 0 spiro atoms. The van der Waals surface area contributed by atoms with Crippen LogP contribution in [-0.4, -0.2) is 76.0 Å². The molecule has 4 rings (SSSR count). The molecule has 130 valence electrons. The summed E-state index contributed by atoms with van der Waals surface area (Å²) in [5, 5.41) is 13.3. The molecule has 2 aromatic rings. The molecular formula is C15H22N6O2S. The van der Waals surface area contributed by atoms with E-state index in [4.69, 9.17) is 0 Å². The molecule has 2 aliphatic rings.